The highest BCUT2D eigenvalue weighted by Gasteiger charge is 2.13. The van der Waals surface area contributed by atoms with E-state index in [1.807, 2.05) is 55.6 Å². The summed E-state index contributed by atoms with van der Waals surface area (Å²) in [5.41, 5.74) is 2.88. The van der Waals surface area contributed by atoms with Crippen LogP contribution in [-0.2, 0) is 0 Å². The van der Waals surface area contributed by atoms with Gasteiger partial charge in [-0.25, -0.2) is 4.68 Å². The monoisotopic (exact) mass is 351 g/mol. The zero-order valence-corrected chi connectivity index (χ0v) is 15.0. The molecular formula is C18H17N5OS. The number of nitrogens with one attached hydrogen (secondary N) is 1. The molecule has 0 unspecified atom stereocenters. The number of thiophene rings is 1. The Balaban J connectivity index is 1.79. The van der Waals surface area contributed by atoms with Gasteiger partial charge in [-0.1, -0.05) is 0 Å². The van der Waals surface area contributed by atoms with Crippen molar-refractivity contribution in [1.82, 2.24) is 19.7 Å². The van der Waals surface area contributed by atoms with Crippen molar-refractivity contribution in [2.45, 2.75) is 13.8 Å². The second-order valence-corrected chi connectivity index (χ2v) is 6.60. The Morgan fingerprint density at radius 3 is 2.56 bits per heavy atom. The highest BCUT2D eigenvalue weighted by atomic mass is 32.1. The van der Waals surface area contributed by atoms with E-state index >= 15 is 0 Å². The second kappa shape index (κ2) is 6.18. The summed E-state index contributed by atoms with van der Waals surface area (Å²) in [5.74, 6) is 2.15. The van der Waals surface area contributed by atoms with Gasteiger partial charge in [0, 0.05) is 11.4 Å². The van der Waals surface area contributed by atoms with Crippen LogP contribution in [0.5, 0.6) is 5.75 Å². The molecule has 3 heterocycles. The zero-order valence-electron chi connectivity index (χ0n) is 14.1. The van der Waals surface area contributed by atoms with Crippen molar-refractivity contribution < 1.29 is 4.74 Å². The van der Waals surface area contributed by atoms with Crippen LogP contribution in [0.3, 0.4) is 0 Å². The summed E-state index contributed by atoms with van der Waals surface area (Å²) in [6.45, 7) is 3.96. The van der Waals surface area contributed by atoms with E-state index in [2.05, 4.69) is 15.4 Å². The van der Waals surface area contributed by atoms with Crippen LogP contribution < -0.4 is 10.1 Å². The predicted octanol–water partition coefficient (Wildman–Crippen LogP) is 4.25. The van der Waals surface area contributed by atoms with E-state index in [-0.39, 0.29) is 0 Å². The van der Waals surface area contributed by atoms with Gasteiger partial charge in [0.25, 0.3) is 5.95 Å². The molecule has 0 spiro atoms. The molecule has 0 saturated heterocycles. The van der Waals surface area contributed by atoms with Crippen LogP contribution in [0.2, 0.25) is 0 Å². The molecule has 4 aromatic rings. The molecular weight excluding hydrogens is 334 g/mol. The molecule has 4 rings (SSSR count). The van der Waals surface area contributed by atoms with Gasteiger partial charge in [0.15, 0.2) is 0 Å². The molecule has 126 valence electrons. The Labute approximate surface area is 149 Å². The Morgan fingerprint density at radius 2 is 1.88 bits per heavy atom. The Morgan fingerprint density at radius 1 is 1.08 bits per heavy atom. The molecule has 0 amide bonds. The van der Waals surface area contributed by atoms with Crippen LogP contribution in [0, 0.1) is 13.8 Å². The van der Waals surface area contributed by atoms with Gasteiger partial charge in [-0.15, -0.1) is 11.3 Å². The fourth-order valence-electron chi connectivity index (χ4n) is 2.68. The lowest BCUT2D eigenvalue weighted by Gasteiger charge is -2.10. The summed E-state index contributed by atoms with van der Waals surface area (Å²) in [7, 11) is 1.66. The van der Waals surface area contributed by atoms with Gasteiger partial charge >= 0.3 is 0 Å². The van der Waals surface area contributed by atoms with Gasteiger partial charge in [-0.3, -0.25) is 0 Å². The fraction of sp³-hybridized carbons (Fsp3) is 0.167. The second-order valence-electron chi connectivity index (χ2n) is 5.70. The molecule has 0 aliphatic rings. The number of anilines is 2. The molecule has 0 aliphatic heterocycles. The molecule has 1 N–H and O–H groups in total. The van der Waals surface area contributed by atoms with E-state index in [0.29, 0.717) is 5.95 Å². The minimum Gasteiger partial charge on any atom is -0.497 e. The number of benzene rings is 1. The average molecular weight is 351 g/mol. The van der Waals surface area contributed by atoms with Crippen molar-refractivity contribution in [3.05, 3.63) is 53.2 Å². The molecule has 6 nitrogen and oxygen atoms in total. The van der Waals surface area contributed by atoms with E-state index < -0.39 is 0 Å². The topological polar surface area (TPSA) is 64.9 Å². The molecule has 0 bridgehead atoms. The number of hydrogen-bond acceptors (Lipinski definition) is 6. The molecule has 0 saturated carbocycles. The van der Waals surface area contributed by atoms with E-state index in [4.69, 9.17) is 9.72 Å². The summed E-state index contributed by atoms with van der Waals surface area (Å²) in [6.07, 6.45) is 0. The molecule has 1 aromatic carbocycles. The quantitative estimate of drug-likeness (QED) is 0.595. The summed E-state index contributed by atoms with van der Waals surface area (Å²) in [4.78, 5) is 10.3. The summed E-state index contributed by atoms with van der Waals surface area (Å²) < 4.78 is 6.98. The van der Waals surface area contributed by atoms with Crippen molar-refractivity contribution in [3.8, 4) is 11.7 Å². The van der Waals surface area contributed by atoms with Crippen LogP contribution >= 0.6 is 11.3 Å². The molecule has 25 heavy (non-hydrogen) atoms. The van der Waals surface area contributed by atoms with Crippen molar-refractivity contribution in [3.63, 3.8) is 0 Å². The molecule has 0 fully saturated rings. The Bertz CT molecular complexity index is 1040. The van der Waals surface area contributed by atoms with Gasteiger partial charge in [-0.05, 0) is 55.6 Å². The van der Waals surface area contributed by atoms with Crippen LogP contribution in [0.25, 0.3) is 16.2 Å². The van der Waals surface area contributed by atoms with E-state index in [1.165, 1.54) is 0 Å². The number of hydrogen-bond donors (Lipinski definition) is 1. The lowest BCUT2D eigenvalue weighted by Crippen LogP contribution is -2.07. The van der Waals surface area contributed by atoms with Gasteiger partial charge in [0.1, 0.15) is 16.4 Å². The van der Waals surface area contributed by atoms with Crippen LogP contribution in [-0.4, -0.2) is 26.9 Å². The van der Waals surface area contributed by atoms with E-state index in [9.17, 15) is 0 Å². The number of nitrogens with zero attached hydrogens (tertiary/aromatic N) is 4. The lowest BCUT2D eigenvalue weighted by atomic mass is 10.3. The van der Waals surface area contributed by atoms with Gasteiger partial charge in [-0.2, -0.15) is 15.1 Å². The fourth-order valence-corrected chi connectivity index (χ4v) is 3.44. The van der Waals surface area contributed by atoms with Crippen molar-refractivity contribution in [2.75, 3.05) is 12.4 Å². The van der Waals surface area contributed by atoms with Gasteiger partial charge < -0.3 is 10.1 Å². The first-order chi connectivity index (χ1) is 12.1. The smallest absolute Gasteiger partial charge is 0.254 e. The van der Waals surface area contributed by atoms with Crippen molar-refractivity contribution in [2.24, 2.45) is 0 Å². The highest BCUT2D eigenvalue weighted by molar-refractivity contribution is 7.16. The SMILES string of the molecule is COc1ccc(Nc2nc(-n3nc(C)cc3C)nc3sccc23)cc1. The summed E-state index contributed by atoms with van der Waals surface area (Å²) in [6, 6.07) is 11.8. The number of rotatable bonds is 4. The number of fused-ring (bicyclic) bond motifs is 1. The molecule has 0 atom stereocenters. The van der Waals surface area contributed by atoms with Crippen molar-refractivity contribution >= 4 is 33.1 Å². The maximum atomic E-state index is 5.21. The van der Waals surface area contributed by atoms with Gasteiger partial charge in [0.2, 0.25) is 0 Å². The standard InChI is InChI=1S/C18H17N5OS/c1-11-10-12(2)23(22-11)18-20-16(15-8-9-25-17(15)21-18)19-13-4-6-14(24-3)7-5-13/h4-10H,1-3H3,(H,19,20,21). The largest absolute Gasteiger partial charge is 0.497 e. The van der Waals surface area contributed by atoms with Crippen LogP contribution in [0.1, 0.15) is 11.4 Å². The Kier molecular flexibility index (Phi) is 3.85. The van der Waals surface area contributed by atoms with E-state index in [1.54, 1.807) is 23.1 Å². The van der Waals surface area contributed by atoms with E-state index in [0.717, 1.165) is 38.9 Å². The van der Waals surface area contributed by atoms with Crippen molar-refractivity contribution in [1.29, 1.82) is 0 Å². The summed E-state index contributed by atoms with van der Waals surface area (Å²) in [5, 5.41) is 10.9. The lowest BCUT2D eigenvalue weighted by molar-refractivity contribution is 0.415. The number of aromatic nitrogens is 4. The highest BCUT2D eigenvalue weighted by Crippen LogP contribution is 2.29. The third-order valence-corrected chi connectivity index (χ3v) is 4.67. The van der Waals surface area contributed by atoms with Gasteiger partial charge in [0.05, 0.1) is 18.2 Å². The number of ether oxygens (including phenoxy) is 1. The third-order valence-electron chi connectivity index (χ3n) is 3.87. The first-order valence-electron chi connectivity index (χ1n) is 7.84. The maximum Gasteiger partial charge on any atom is 0.254 e. The Hall–Kier alpha value is -2.93. The minimum atomic E-state index is 0.566. The predicted molar refractivity (Wildman–Crippen MR) is 100 cm³/mol. The molecule has 0 aliphatic carbocycles. The molecule has 7 heteroatoms. The van der Waals surface area contributed by atoms with Crippen LogP contribution in [0.4, 0.5) is 11.5 Å². The normalized spacial score (nSPS) is 11.0. The zero-order chi connectivity index (χ0) is 17.4. The minimum absolute atomic E-state index is 0.566. The first kappa shape index (κ1) is 15.6. The number of aryl methyl sites for hydroxylation is 2. The first-order valence-corrected chi connectivity index (χ1v) is 8.72. The maximum absolute atomic E-state index is 5.21. The molecule has 0 radical (unpaired) electrons. The number of methoxy groups -OCH3 is 1. The van der Waals surface area contributed by atoms with Crippen LogP contribution in [0.15, 0.2) is 41.8 Å². The summed E-state index contributed by atoms with van der Waals surface area (Å²) >= 11 is 1.59. The molecule has 3 aromatic heterocycles. The average Bonchev–Trinajstić information content (AvgIpc) is 3.21. The third kappa shape index (κ3) is 2.94.